The highest BCUT2D eigenvalue weighted by molar-refractivity contribution is 8.03. The monoisotopic (exact) mass is 128 g/mol. The molecule has 1 unspecified atom stereocenters. The maximum Gasteiger partial charge on any atom is 0.215 e. The van der Waals surface area contributed by atoms with Gasteiger partial charge in [0, 0.05) is 11.6 Å². The number of allylic oxidation sites excluding steroid dienone is 1. The summed E-state index contributed by atoms with van der Waals surface area (Å²) in [7, 11) is -1.28. The van der Waals surface area contributed by atoms with E-state index >= 15 is 0 Å². The van der Waals surface area contributed by atoms with Crippen molar-refractivity contribution in [2.45, 2.75) is 0 Å². The van der Waals surface area contributed by atoms with E-state index in [9.17, 15) is 4.21 Å². The first kappa shape index (κ1) is 5.37. The second-order valence-electron chi connectivity index (χ2n) is 1.21. The van der Waals surface area contributed by atoms with Crippen LogP contribution in [-0.4, -0.2) is 15.6 Å². The molecule has 0 spiro atoms. The number of nitrogens with zero attached hydrogens (tertiary/aromatic N) is 1. The van der Waals surface area contributed by atoms with Gasteiger partial charge >= 0.3 is 0 Å². The third-order valence-electron chi connectivity index (χ3n) is 0.671. The topological polar surface area (TPSA) is 53.3 Å². The van der Waals surface area contributed by atoms with E-state index in [0.29, 0.717) is 0 Å². The lowest BCUT2D eigenvalue weighted by Gasteiger charge is -1.92. The summed E-state index contributed by atoms with van der Waals surface area (Å²) in [6.45, 7) is 0. The molecule has 0 aromatic heterocycles. The average molecular weight is 128 g/mol. The van der Waals surface area contributed by atoms with Gasteiger partial charge in [-0.1, -0.05) is 0 Å². The van der Waals surface area contributed by atoms with Gasteiger partial charge in [0.25, 0.3) is 0 Å². The molecule has 4 heteroatoms. The Bertz CT molecular complexity index is 172. The van der Waals surface area contributed by atoms with Crippen molar-refractivity contribution in [3.63, 3.8) is 0 Å². The summed E-state index contributed by atoms with van der Waals surface area (Å²) >= 11 is 0. The van der Waals surface area contributed by atoms with Crippen LogP contribution in [0.25, 0.3) is 0 Å². The lowest BCUT2D eigenvalue weighted by molar-refractivity contribution is 0.694. The van der Waals surface area contributed by atoms with Gasteiger partial charge in [0.05, 0.1) is 0 Å². The molecule has 1 atom stereocenters. The van der Waals surface area contributed by atoms with Crippen LogP contribution in [0.3, 0.4) is 0 Å². The minimum absolute atomic E-state index is 0.0764. The Morgan fingerprint density at radius 3 is 2.88 bits per heavy atom. The van der Waals surface area contributed by atoms with Crippen LogP contribution in [0.15, 0.2) is 16.5 Å². The molecule has 0 aromatic rings. The Labute approximate surface area is 49.1 Å². The first-order valence-electron chi connectivity index (χ1n) is 2.00. The van der Waals surface area contributed by atoms with Gasteiger partial charge in [-0.05, 0) is 6.08 Å². The minimum Gasteiger partial charge on any atom is -0.275 e. The molecule has 3 nitrogen and oxygen atoms in total. The van der Waals surface area contributed by atoms with E-state index in [1.807, 2.05) is 0 Å². The zero-order valence-corrected chi connectivity index (χ0v) is 4.81. The highest BCUT2D eigenvalue weighted by Crippen LogP contribution is 1.93. The highest BCUT2D eigenvalue weighted by atomic mass is 32.2. The largest absolute Gasteiger partial charge is 0.275 e. The Kier molecular flexibility index (Phi) is 1.34. The zero-order valence-electron chi connectivity index (χ0n) is 4.00. The first-order chi connectivity index (χ1) is 3.80. The molecule has 0 saturated carbocycles. The summed E-state index contributed by atoms with van der Waals surface area (Å²) in [6.07, 6.45) is 3.01. The molecule has 0 radical (unpaired) electrons. The Hall–Kier alpha value is -0.770. The second kappa shape index (κ2) is 2.00. The number of hydrogen-bond acceptors (Lipinski definition) is 2. The normalized spacial score (nSPS) is 26.5. The smallest absolute Gasteiger partial charge is 0.215 e. The van der Waals surface area contributed by atoms with Gasteiger partial charge in [-0.3, -0.25) is 5.41 Å². The number of nitrogens with one attached hydrogen (secondary N) is 1. The minimum atomic E-state index is -1.28. The molecule has 42 valence electrons. The molecule has 0 aromatic carbocycles. The van der Waals surface area contributed by atoms with Crippen molar-refractivity contribution in [2.24, 2.45) is 4.99 Å². The van der Waals surface area contributed by atoms with Gasteiger partial charge < -0.3 is 0 Å². The van der Waals surface area contributed by atoms with E-state index in [0.717, 1.165) is 0 Å². The Morgan fingerprint density at radius 2 is 2.50 bits per heavy atom. The summed E-state index contributed by atoms with van der Waals surface area (Å²) < 4.78 is 10.5. The summed E-state index contributed by atoms with van der Waals surface area (Å²) in [5.41, 5.74) is 0. The lowest BCUT2D eigenvalue weighted by atomic mass is 10.7. The molecule has 0 aliphatic carbocycles. The molecule has 0 amide bonds. The van der Waals surface area contributed by atoms with Crippen LogP contribution in [0.5, 0.6) is 0 Å². The second-order valence-corrected chi connectivity index (χ2v) is 2.46. The van der Waals surface area contributed by atoms with Crippen molar-refractivity contribution in [3.05, 3.63) is 11.5 Å². The zero-order chi connectivity index (χ0) is 5.98. The van der Waals surface area contributed by atoms with Crippen LogP contribution in [-0.2, 0) is 10.8 Å². The van der Waals surface area contributed by atoms with Crippen molar-refractivity contribution in [3.8, 4) is 0 Å². The average Bonchev–Trinajstić information content (AvgIpc) is 1.77. The molecule has 1 rings (SSSR count). The molecule has 0 bridgehead atoms. The van der Waals surface area contributed by atoms with Crippen LogP contribution in [0.4, 0.5) is 0 Å². The van der Waals surface area contributed by atoms with E-state index in [-0.39, 0.29) is 5.17 Å². The first-order valence-corrected chi connectivity index (χ1v) is 3.22. The van der Waals surface area contributed by atoms with Crippen molar-refractivity contribution >= 4 is 22.2 Å². The SMILES string of the molecule is N=C1N=CC=CS1=O. The van der Waals surface area contributed by atoms with Crippen molar-refractivity contribution in [2.75, 3.05) is 0 Å². The van der Waals surface area contributed by atoms with Crippen LogP contribution in [0.2, 0.25) is 0 Å². The van der Waals surface area contributed by atoms with Gasteiger partial charge in [-0.25, -0.2) is 9.20 Å². The molecule has 1 aliphatic rings. The number of rotatable bonds is 0. The standard InChI is InChI=1S/C4H4N2OS/c5-4-6-2-1-3-8(4)7/h1-3,5H. The molecule has 0 fully saturated rings. The maximum atomic E-state index is 10.5. The Morgan fingerprint density at radius 1 is 1.75 bits per heavy atom. The maximum absolute atomic E-state index is 10.5. The Balaban J connectivity index is 2.89. The third-order valence-corrected chi connectivity index (χ3v) is 1.56. The fourth-order valence-corrected chi connectivity index (χ4v) is 0.840. The fraction of sp³-hybridized carbons (Fsp3) is 0. The van der Waals surface area contributed by atoms with E-state index in [2.05, 4.69) is 4.99 Å². The van der Waals surface area contributed by atoms with E-state index < -0.39 is 10.8 Å². The van der Waals surface area contributed by atoms with Crippen LogP contribution < -0.4 is 0 Å². The lowest BCUT2D eigenvalue weighted by Crippen LogP contribution is -2.02. The molecule has 0 saturated heterocycles. The summed E-state index contributed by atoms with van der Waals surface area (Å²) in [5.74, 6) is 0. The molecule has 8 heavy (non-hydrogen) atoms. The van der Waals surface area contributed by atoms with Crippen molar-refractivity contribution in [1.29, 1.82) is 5.41 Å². The molecule has 1 N–H and O–H groups in total. The van der Waals surface area contributed by atoms with Crippen LogP contribution in [0.1, 0.15) is 0 Å². The predicted octanol–water partition coefficient (Wildman–Crippen LogP) is 0.268. The van der Waals surface area contributed by atoms with Crippen molar-refractivity contribution < 1.29 is 4.21 Å². The molecular weight excluding hydrogens is 124 g/mol. The quantitative estimate of drug-likeness (QED) is 0.500. The fourth-order valence-electron chi connectivity index (χ4n) is 0.334. The summed E-state index contributed by atoms with van der Waals surface area (Å²) in [6, 6.07) is 0. The number of aliphatic imine (C=N–C) groups is 1. The van der Waals surface area contributed by atoms with Gasteiger partial charge in [-0.2, -0.15) is 0 Å². The van der Waals surface area contributed by atoms with Gasteiger partial charge in [-0.15, -0.1) is 0 Å². The van der Waals surface area contributed by atoms with E-state index in [1.54, 1.807) is 6.08 Å². The molecular formula is C4H4N2OS. The number of hydrogen-bond donors (Lipinski definition) is 1. The summed E-state index contributed by atoms with van der Waals surface area (Å²) in [4.78, 5) is 3.48. The van der Waals surface area contributed by atoms with Gasteiger partial charge in [0.1, 0.15) is 10.8 Å². The van der Waals surface area contributed by atoms with Crippen LogP contribution >= 0.6 is 0 Å². The van der Waals surface area contributed by atoms with E-state index in [4.69, 9.17) is 5.41 Å². The third kappa shape index (κ3) is 0.894. The predicted molar refractivity (Wildman–Crippen MR) is 33.5 cm³/mol. The highest BCUT2D eigenvalue weighted by Gasteiger charge is 2.01. The molecule has 1 aliphatic heterocycles. The van der Waals surface area contributed by atoms with E-state index in [1.165, 1.54) is 11.6 Å². The summed E-state index contributed by atoms with van der Waals surface area (Å²) in [5, 5.41) is 8.19. The molecule has 1 heterocycles. The number of amidine groups is 1. The van der Waals surface area contributed by atoms with Crippen LogP contribution in [0, 0.1) is 5.41 Å². The van der Waals surface area contributed by atoms with Crippen molar-refractivity contribution in [1.82, 2.24) is 0 Å². The van der Waals surface area contributed by atoms with Gasteiger partial charge in [0.2, 0.25) is 5.17 Å². The van der Waals surface area contributed by atoms with Gasteiger partial charge in [0.15, 0.2) is 0 Å².